The number of hydrogen-bond donors (Lipinski definition) is 2. The number of thiocarbonyl (C=S) groups is 1. The Kier molecular flexibility index (Phi) is 5.12. The lowest BCUT2D eigenvalue weighted by molar-refractivity contribution is -0.119. The predicted octanol–water partition coefficient (Wildman–Crippen LogP) is 1.81. The van der Waals surface area contributed by atoms with Crippen LogP contribution in [0.5, 0.6) is 0 Å². The number of nitrogens with one attached hydrogen (secondary N) is 1. The molecule has 1 fully saturated rings. The lowest BCUT2D eigenvalue weighted by atomic mass is 9.95. The molecular weight excluding hydrogens is 289 g/mol. The molecule has 3 N–H and O–H groups in total. The zero-order chi connectivity index (χ0) is 15.4. The molecule has 0 unspecified atom stereocenters. The van der Waals surface area contributed by atoms with Crippen LogP contribution >= 0.6 is 12.2 Å². The van der Waals surface area contributed by atoms with Crippen molar-refractivity contribution in [2.24, 2.45) is 11.7 Å². The van der Waals surface area contributed by atoms with Crippen LogP contribution in [0.15, 0.2) is 18.2 Å². The highest BCUT2D eigenvalue weighted by atomic mass is 32.1. The van der Waals surface area contributed by atoms with Gasteiger partial charge < -0.3 is 16.0 Å². The van der Waals surface area contributed by atoms with Gasteiger partial charge in [0, 0.05) is 32.2 Å². The van der Waals surface area contributed by atoms with Crippen molar-refractivity contribution in [2.45, 2.75) is 19.8 Å². The normalized spacial score (nSPS) is 15.8. The van der Waals surface area contributed by atoms with Crippen LogP contribution in [0.3, 0.4) is 0 Å². The fourth-order valence-corrected chi connectivity index (χ4v) is 2.89. The van der Waals surface area contributed by atoms with E-state index in [2.05, 4.69) is 10.2 Å². The summed E-state index contributed by atoms with van der Waals surface area (Å²) >= 11 is 4.96. The van der Waals surface area contributed by atoms with Crippen molar-refractivity contribution in [3.63, 3.8) is 0 Å². The average molecular weight is 309 g/mol. The number of benzene rings is 1. The highest BCUT2D eigenvalue weighted by Gasteiger charge is 2.23. The minimum Gasteiger partial charge on any atom is -0.389 e. The molecule has 1 saturated heterocycles. The summed E-state index contributed by atoms with van der Waals surface area (Å²) in [5.74, 6) is 0.0886. The second-order valence-corrected chi connectivity index (χ2v) is 5.81. The number of rotatable bonds is 4. The summed E-state index contributed by atoms with van der Waals surface area (Å²) in [4.78, 5) is 13.1. The minimum atomic E-state index is -0.375. The van der Waals surface area contributed by atoms with Gasteiger partial charge in [-0.15, -0.1) is 0 Å². The van der Waals surface area contributed by atoms with Gasteiger partial charge >= 0.3 is 0 Å². The molecule has 1 aliphatic heterocycles. The molecule has 1 aromatic carbocycles. The van der Waals surface area contributed by atoms with Crippen LogP contribution in [0.2, 0.25) is 0 Å². The second kappa shape index (κ2) is 6.85. The standard InChI is InChI=1S/C15H20FN3OS/c1-10(20)18-9-11-5-7-19(8-6-11)13-4-2-3-12(16)14(13)15(17)21/h2-4,11H,5-9H2,1H3,(H2,17,21)(H,18,20). The number of hydrogen-bond acceptors (Lipinski definition) is 3. The first-order valence-corrected chi connectivity index (χ1v) is 7.47. The molecule has 0 radical (unpaired) electrons. The van der Waals surface area contributed by atoms with Gasteiger partial charge in [0.2, 0.25) is 5.91 Å². The molecule has 1 aliphatic rings. The Morgan fingerprint density at radius 3 is 2.71 bits per heavy atom. The van der Waals surface area contributed by atoms with Crippen LogP contribution in [0, 0.1) is 11.7 Å². The molecule has 2 rings (SSSR count). The summed E-state index contributed by atoms with van der Waals surface area (Å²) in [5.41, 5.74) is 6.74. The summed E-state index contributed by atoms with van der Waals surface area (Å²) in [5, 5.41) is 2.85. The number of halogens is 1. The highest BCUT2D eigenvalue weighted by Crippen LogP contribution is 2.27. The molecule has 1 aromatic rings. The molecule has 114 valence electrons. The van der Waals surface area contributed by atoms with Gasteiger partial charge in [-0.2, -0.15) is 0 Å². The van der Waals surface area contributed by atoms with Crippen LogP contribution in [0.25, 0.3) is 0 Å². The molecule has 0 aliphatic carbocycles. The van der Waals surface area contributed by atoms with Gasteiger partial charge in [-0.05, 0) is 30.9 Å². The number of carbonyl (C=O) groups excluding carboxylic acids is 1. The number of anilines is 1. The zero-order valence-electron chi connectivity index (χ0n) is 12.1. The molecule has 0 atom stereocenters. The fourth-order valence-electron chi connectivity index (χ4n) is 2.69. The third-order valence-electron chi connectivity index (χ3n) is 3.83. The maximum absolute atomic E-state index is 13.9. The fraction of sp³-hybridized carbons (Fsp3) is 0.467. The Bertz CT molecular complexity index is 542. The van der Waals surface area contributed by atoms with Crippen molar-refractivity contribution in [3.05, 3.63) is 29.6 Å². The van der Waals surface area contributed by atoms with E-state index in [1.165, 1.54) is 13.0 Å². The van der Waals surface area contributed by atoms with E-state index in [1.54, 1.807) is 6.07 Å². The zero-order valence-corrected chi connectivity index (χ0v) is 12.9. The van der Waals surface area contributed by atoms with E-state index in [1.807, 2.05) is 6.07 Å². The molecular formula is C15H20FN3OS. The molecule has 0 aromatic heterocycles. The van der Waals surface area contributed by atoms with E-state index in [9.17, 15) is 9.18 Å². The Labute approximate surface area is 129 Å². The summed E-state index contributed by atoms with van der Waals surface area (Å²) in [6.45, 7) is 3.84. The monoisotopic (exact) mass is 309 g/mol. The maximum atomic E-state index is 13.9. The van der Waals surface area contributed by atoms with Crippen LogP contribution in [-0.2, 0) is 4.79 Å². The van der Waals surface area contributed by atoms with Gasteiger partial charge in [-0.1, -0.05) is 18.3 Å². The minimum absolute atomic E-state index is 0.00155. The largest absolute Gasteiger partial charge is 0.389 e. The van der Waals surface area contributed by atoms with Gasteiger partial charge in [-0.25, -0.2) is 4.39 Å². The predicted molar refractivity (Wildman–Crippen MR) is 85.9 cm³/mol. The second-order valence-electron chi connectivity index (χ2n) is 5.37. The van der Waals surface area contributed by atoms with Crippen molar-refractivity contribution in [1.82, 2.24) is 5.32 Å². The number of nitrogens with two attached hydrogens (primary N) is 1. The van der Waals surface area contributed by atoms with Crippen LogP contribution < -0.4 is 16.0 Å². The molecule has 1 amide bonds. The molecule has 1 heterocycles. The van der Waals surface area contributed by atoms with Gasteiger partial charge in [0.05, 0.1) is 5.56 Å². The first-order valence-electron chi connectivity index (χ1n) is 7.06. The van der Waals surface area contributed by atoms with Gasteiger partial charge in [-0.3, -0.25) is 4.79 Å². The summed E-state index contributed by atoms with van der Waals surface area (Å²) < 4.78 is 13.9. The topological polar surface area (TPSA) is 58.4 Å². The number of nitrogens with zero attached hydrogens (tertiary/aromatic N) is 1. The Balaban J connectivity index is 2.04. The molecule has 0 spiro atoms. The maximum Gasteiger partial charge on any atom is 0.216 e. The van der Waals surface area contributed by atoms with E-state index >= 15 is 0 Å². The third-order valence-corrected chi connectivity index (χ3v) is 4.04. The first kappa shape index (κ1) is 15.7. The van der Waals surface area contributed by atoms with E-state index in [0.717, 1.165) is 31.6 Å². The summed E-state index contributed by atoms with van der Waals surface area (Å²) in [6.07, 6.45) is 1.90. The van der Waals surface area contributed by atoms with E-state index < -0.39 is 0 Å². The Hall–Kier alpha value is -1.69. The smallest absolute Gasteiger partial charge is 0.216 e. The van der Waals surface area contributed by atoms with Crippen molar-refractivity contribution in [1.29, 1.82) is 0 Å². The van der Waals surface area contributed by atoms with E-state index in [4.69, 9.17) is 18.0 Å². The third kappa shape index (κ3) is 3.91. The van der Waals surface area contributed by atoms with Crippen LogP contribution in [-0.4, -0.2) is 30.5 Å². The first-order chi connectivity index (χ1) is 9.99. The average Bonchev–Trinajstić information content (AvgIpc) is 2.45. The van der Waals surface area contributed by atoms with Gasteiger partial charge in [0.1, 0.15) is 10.8 Å². The van der Waals surface area contributed by atoms with E-state index in [-0.39, 0.29) is 16.7 Å². The Morgan fingerprint density at radius 2 is 2.14 bits per heavy atom. The van der Waals surface area contributed by atoms with Crippen molar-refractivity contribution >= 4 is 28.8 Å². The summed E-state index contributed by atoms with van der Waals surface area (Å²) in [7, 11) is 0. The number of carbonyl (C=O) groups is 1. The van der Waals surface area contributed by atoms with Crippen molar-refractivity contribution < 1.29 is 9.18 Å². The van der Waals surface area contributed by atoms with Crippen LogP contribution in [0.4, 0.5) is 10.1 Å². The Morgan fingerprint density at radius 1 is 1.48 bits per heavy atom. The highest BCUT2D eigenvalue weighted by molar-refractivity contribution is 7.80. The number of piperidine rings is 1. The van der Waals surface area contributed by atoms with Crippen molar-refractivity contribution in [3.8, 4) is 0 Å². The van der Waals surface area contributed by atoms with Crippen molar-refractivity contribution in [2.75, 3.05) is 24.5 Å². The molecule has 0 bridgehead atoms. The molecule has 0 saturated carbocycles. The molecule has 21 heavy (non-hydrogen) atoms. The quantitative estimate of drug-likeness (QED) is 0.833. The van der Waals surface area contributed by atoms with Gasteiger partial charge in [0.15, 0.2) is 0 Å². The lowest BCUT2D eigenvalue weighted by Gasteiger charge is -2.34. The number of amides is 1. The SMILES string of the molecule is CC(=O)NCC1CCN(c2cccc(F)c2C(N)=S)CC1. The molecule has 6 heteroatoms. The van der Waals surface area contributed by atoms with Crippen LogP contribution in [0.1, 0.15) is 25.3 Å². The van der Waals surface area contributed by atoms with E-state index in [0.29, 0.717) is 18.0 Å². The lowest BCUT2D eigenvalue weighted by Crippen LogP contribution is -2.39. The molecule has 4 nitrogen and oxygen atoms in total. The summed E-state index contributed by atoms with van der Waals surface area (Å²) in [6, 6.07) is 4.91. The van der Waals surface area contributed by atoms with Gasteiger partial charge in [0.25, 0.3) is 0 Å².